The maximum Gasteiger partial charge on any atom is 0.335 e. The summed E-state index contributed by atoms with van der Waals surface area (Å²) in [5.74, 6) is 0.513. The summed E-state index contributed by atoms with van der Waals surface area (Å²) >= 11 is 0. The number of carboxylic acids is 1. The lowest BCUT2D eigenvalue weighted by Gasteiger charge is -2.13. The Morgan fingerprint density at radius 3 is 2.44 bits per heavy atom. The Bertz CT molecular complexity index is 426. The van der Waals surface area contributed by atoms with Gasteiger partial charge in [-0.05, 0) is 55.9 Å². The van der Waals surface area contributed by atoms with E-state index in [1.54, 1.807) is 12.1 Å². The van der Waals surface area contributed by atoms with Crippen LogP contribution in [0.15, 0.2) is 12.1 Å². The van der Waals surface area contributed by atoms with Crippen LogP contribution in [0.3, 0.4) is 0 Å². The fourth-order valence-electron chi connectivity index (χ4n) is 1.90. The summed E-state index contributed by atoms with van der Waals surface area (Å²) in [4.78, 5) is 10.9. The summed E-state index contributed by atoms with van der Waals surface area (Å²) in [6.45, 7) is 4.67. The van der Waals surface area contributed by atoms with Crippen LogP contribution in [0.2, 0.25) is 0 Å². The SMILES string of the molecule is Cc1cc(C(=O)O)cc(C)c1OCOCC1CC1. The predicted octanol–water partition coefficient (Wildman–Crippen LogP) is 2.76. The van der Waals surface area contributed by atoms with Crippen LogP contribution >= 0.6 is 0 Å². The first-order valence-corrected chi connectivity index (χ1v) is 6.13. The van der Waals surface area contributed by atoms with Crippen molar-refractivity contribution in [3.8, 4) is 5.75 Å². The quantitative estimate of drug-likeness (QED) is 0.623. The van der Waals surface area contributed by atoms with Gasteiger partial charge in [-0.3, -0.25) is 0 Å². The van der Waals surface area contributed by atoms with E-state index in [-0.39, 0.29) is 12.4 Å². The maximum absolute atomic E-state index is 10.9. The second-order valence-corrected chi connectivity index (χ2v) is 4.82. The number of carbonyl (C=O) groups is 1. The third kappa shape index (κ3) is 3.23. The Balaban J connectivity index is 1.95. The van der Waals surface area contributed by atoms with E-state index in [2.05, 4.69) is 0 Å². The summed E-state index contributed by atoms with van der Waals surface area (Å²) in [6.07, 6.45) is 2.51. The minimum absolute atomic E-state index is 0.227. The number of aryl methyl sites for hydroxylation is 2. The monoisotopic (exact) mass is 250 g/mol. The summed E-state index contributed by atoms with van der Waals surface area (Å²) in [5, 5.41) is 8.94. The van der Waals surface area contributed by atoms with Crippen LogP contribution in [0.25, 0.3) is 0 Å². The van der Waals surface area contributed by atoms with Gasteiger partial charge in [0.2, 0.25) is 0 Å². The van der Waals surface area contributed by atoms with Crippen LogP contribution in [0, 0.1) is 19.8 Å². The van der Waals surface area contributed by atoms with Crippen molar-refractivity contribution in [1.82, 2.24) is 0 Å². The maximum atomic E-state index is 10.9. The number of aromatic carboxylic acids is 1. The molecule has 0 unspecified atom stereocenters. The van der Waals surface area contributed by atoms with Crippen molar-refractivity contribution in [2.24, 2.45) is 5.92 Å². The molecule has 1 aromatic carbocycles. The van der Waals surface area contributed by atoms with Gasteiger partial charge < -0.3 is 14.6 Å². The van der Waals surface area contributed by atoms with Crippen LogP contribution in [-0.4, -0.2) is 24.5 Å². The van der Waals surface area contributed by atoms with E-state index in [9.17, 15) is 4.79 Å². The molecule has 4 nitrogen and oxygen atoms in total. The lowest BCUT2D eigenvalue weighted by molar-refractivity contribution is 0.00923. The number of benzene rings is 1. The number of rotatable bonds is 6. The number of ether oxygens (including phenoxy) is 2. The first kappa shape index (κ1) is 12.9. The van der Waals surface area contributed by atoms with Crippen molar-refractivity contribution < 1.29 is 19.4 Å². The van der Waals surface area contributed by atoms with E-state index in [1.165, 1.54) is 12.8 Å². The highest BCUT2D eigenvalue weighted by atomic mass is 16.7. The highest BCUT2D eigenvalue weighted by molar-refractivity contribution is 5.88. The Kier molecular flexibility index (Phi) is 3.87. The normalized spacial score (nSPS) is 14.6. The molecule has 18 heavy (non-hydrogen) atoms. The smallest absolute Gasteiger partial charge is 0.335 e. The summed E-state index contributed by atoms with van der Waals surface area (Å²) in [7, 11) is 0. The van der Waals surface area contributed by atoms with E-state index in [4.69, 9.17) is 14.6 Å². The van der Waals surface area contributed by atoms with Crippen molar-refractivity contribution in [2.75, 3.05) is 13.4 Å². The molecule has 4 heteroatoms. The van der Waals surface area contributed by atoms with Gasteiger partial charge in [0.25, 0.3) is 0 Å². The first-order chi connectivity index (χ1) is 8.58. The topological polar surface area (TPSA) is 55.8 Å². The summed E-state index contributed by atoms with van der Waals surface area (Å²) in [6, 6.07) is 3.23. The number of hydrogen-bond donors (Lipinski definition) is 1. The average molecular weight is 250 g/mol. The van der Waals surface area contributed by atoms with Gasteiger partial charge >= 0.3 is 5.97 Å². The van der Waals surface area contributed by atoms with Crippen LogP contribution in [0.1, 0.15) is 34.3 Å². The van der Waals surface area contributed by atoms with E-state index in [0.717, 1.165) is 23.5 Å². The molecule has 0 bridgehead atoms. The minimum Gasteiger partial charge on any atom is -0.478 e. The Morgan fingerprint density at radius 2 is 1.94 bits per heavy atom. The molecule has 0 spiro atoms. The van der Waals surface area contributed by atoms with Gasteiger partial charge in [0.15, 0.2) is 6.79 Å². The molecule has 0 aromatic heterocycles. The van der Waals surface area contributed by atoms with Gasteiger partial charge in [0.05, 0.1) is 12.2 Å². The van der Waals surface area contributed by atoms with E-state index in [0.29, 0.717) is 5.92 Å². The largest absolute Gasteiger partial charge is 0.478 e. The van der Waals surface area contributed by atoms with Gasteiger partial charge in [-0.1, -0.05) is 0 Å². The van der Waals surface area contributed by atoms with Crippen LogP contribution in [-0.2, 0) is 4.74 Å². The third-order valence-corrected chi connectivity index (χ3v) is 3.04. The lowest BCUT2D eigenvalue weighted by Crippen LogP contribution is -2.08. The molecule has 0 atom stereocenters. The second kappa shape index (κ2) is 5.40. The van der Waals surface area contributed by atoms with Gasteiger partial charge in [0.1, 0.15) is 5.75 Å². The third-order valence-electron chi connectivity index (χ3n) is 3.04. The van der Waals surface area contributed by atoms with Crippen molar-refractivity contribution >= 4 is 5.97 Å². The molecule has 0 heterocycles. The Hall–Kier alpha value is -1.55. The van der Waals surface area contributed by atoms with E-state index in [1.807, 2.05) is 13.8 Å². The van der Waals surface area contributed by atoms with E-state index < -0.39 is 5.97 Å². The fraction of sp³-hybridized carbons (Fsp3) is 0.500. The number of carboxylic acid groups (broad SMARTS) is 1. The molecule has 1 saturated carbocycles. The number of hydrogen-bond acceptors (Lipinski definition) is 3. The molecule has 1 aromatic rings. The Morgan fingerprint density at radius 1 is 1.33 bits per heavy atom. The fourth-order valence-corrected chi connectivity index (χ4v) is 1.90. The molecule has 2 rings (SSSR count). The molecular formula is C14H18O4. The molecule has 98 valence electrons. The highest BCUT2D eigenvalue weighted by Crippen LogP contribution is 2.29. The molecule has 0 saturated heterocycles. The molecule has 0 amide bonds. The van der Waals surface area contributed by atoms with Crippen molar-refractivity contribution in [1.29, 1.82) is 0 Å². The molecule has 0 aliphatic heterocycles. The van der Waals surface area contributed by atoms with Gasteiger partial charge in [-0.25, -0.2) is 4.79 Å². The standard InChI is InChI=1S/C14H18O4/c1-9-5-12(14(15)16)6-10(2)13(9)18-8-17-7-11-3-4-11/h5-6,11H,3-4,7-8H2,1-2H3,(H,15,16). The zero-order chi connectivity index (χ0) is 13.1. The van der Waals surface area contributed by atoms with Crippen LogP contribution < -0.4 is 4.74 Å². The molecular weight excluding hydrogens is 232 g/mol. The molecule has 1 aliphatic rings. The van der Waals surface area contributed by atoms with Crippen molar-refractivity contribution in [3.63, 3.8) is 0 Å². The summed E-state index contributed by atoms with van der Waals surface area (Å²) < 4.78 is 11.0. The van der Waals surface area contributed by atoms with Gasteiger partial charge in [-0.15, -0.1) is 0 Å². The van der Waals surface area contributed by atoms with Crippen molar-refractivity contribution in [3.05, 3.63) is 28.8 Å². The van der Waals surface area contributed by atoms with Gasteiger partial charge in [-0.2, -0.15) is 0 Å². The minimum atomic E-state index is -0.919. The predicted molar refractivity (Wildman–Crippen MR) is 67.0 cm³/mol. The zero-order valence-electron chi connectivity index (χ0n) is 10.7. The van der Waals surface area contributed by atoms with Gasteiger partial charge in [0, 0.05) is 0 Å². The Labute approximate surface area is 107 Å². The van der Waals surface area contributed by atoms with E-state index >= 15 is 0 Å². The lowest BCUT2D eigenvalue weighted by atomic mass is 10.1. The average Bonchev–Trinajstić information content (AvgIpc) is 3.10. The second-order valence-electron chi connectivity index (χ2n) is 4.82. The summed E-state index contributed by atoms with van der Waals surface area (Å²) in [5.41, 5.74) is 1.93. The highest BCUT2D eigenvalue weighted by Gasteiger charge is 2.21. The first-order valence-electron chi connectivity index (χ1n) is 6.13. The zero-order valence-corrected chi connectivity index (χ0v) is 10.7. The van der Waals surface area contributed by atoms with Crippen LogP contribution in [0.4, 0.5) is 0 Å². The molecule has 1 fully saturated rings. The molecule has 1 N–H and O–H groups in total. The van der Waals surface area contributed by atoms with Crippen LogP contribution in [0.5, 0.6) is 5.75 Å². The molecule has 1 aliphatic carbocycles. The molecule has 0 radical (unpaired) electrons. The van der Waals surface area contributed by atoms with Crippen molar-refractivity contribution in [2.45, 2.75) is 26.7 Å².